The number of nitrogens with one attached hydrogen (secondary N) is 1. The molecule has 1 amide bonds. The molecule has 0 aliphatic rings. The molecule has 2 atom stereocenters. The van der Waals surface area contributed by atoms with E-state index in [1.807, 2.05) is 30.3 Å². The van der Waals surface area contributed by atoms with Crippen LogP contribution in [-0.2, 0) is 34.2 Å². The van der Waals surface area contributed by atoms with Crippen LogP contribution in [0, 0.1) is 0 Å². The fraction of sp³-hybridized carbons (Fsp3) is 0.250. The van der Waals surface area contributed by atoms with Crippen molar-refractivity contribution in [1.29, 1.82) is 0 Å². The lowest BCUT2D eigenvalue weighted by Crippen LogP contribution is -2.46. The molecule has 0 bridgehead atoms. The van der Waals surface area contributed by atoms with Crippen LogP contribution in [0.5, 0.6) is 5.75 Å². The van der Waals surface area contributed by atoms with E-state index in [1.54, 1.807) is 30.6 Å². The molecule has 4 N–H and O–H groups in total. The summed E-state index contributed by atoms with van der Waals surface area (Å²) >= 11 is 0. The van der Waals surface area contributed by atoms with Crippen molar-refractivity contribution in [3.8, 4) is 5.75 Å². The fourth-order valence-corrected chi connectivity index (χ4v) is 4.24. The number of primary sulfonamides is 1. The van der Waals surface area contributed by atoms with E-state index in [2.05, 4.69) is 10.3 Å². The first-order valence-corrected chi connectivity index (χ1v) is 12.0. The van der Waals surface area contributed by atoms with Crippen LogP contribution in [0.25, 0.3) is 0 Å². The lowest BCUT2D eigenvalue weighted by atomic mass is 9.96. The number of benzene rings is 2. The van der Waals surface area contributed by atoms with Crippen molar-refractivity contribution >= 4 is 16.1 Å². The SMILES string of the molecule is COc1ccc(CC(O)C(Cc2ccccc2)NC(=O)OCc2cccnc2)c(S(N)(=O)=O)c1. The number of hydrogen-bond acceptors (Lipinski definition) is 7. The highest BCUT2D eigenvalue weighted by molar-refractivity contribution is 7.89. The highest BCUT2D eigenvalue weighted by atomic mass is 32.2. The number of hydrogen-bond donors (Lipinski definition) is 3. The van der Waals surface area contributed by atoms with E-state index in [1.165, 1.54) is 19.2 Å². The minimum atomic E-state index is -4.07. The Balaban J connectivity index is 1.78. The van der Waals surface area contributed by atoms with Gasteiger partial charge in [-0.25, -0.2) is 18.4 Å². The molecule has 1 aromatic heterocycles. The normalized spacial score (nSPS) is 13.0. The molecule has 34 heavy (non-hydrogen) atoms. The second-order valence-electron chi connectivity index (χ2n) is 7.67. The summed E-state index contributed by atoms with van der Waals surface area (Å²) in [5, 5.41) is 19.1. The first-order valence-electron chi connectivity index (χ1n) is 10.5. The molecule has 0 saturated carbocycles. The van der Waals surface area contributed by atoms with Crippen LogP contribution in [0.2, 0.25) is 0 Å². The van der Waals surface area contributed by atoms with Crippen molar-refractivity contribution in [2.75, 3.05) is 7.11 Å². The number of pyridine rings is 1. The predicted octanol–water partition coefficient (Wildman–Crippen LogP) is 2.18. The van der Waals surface area contributed by atoms with Crippen molar-refractivity contribution in [2.24, 2.45) is 5.14 Å². The van der Waals surface area contributed by atoms with Gasteiger partial charge in [-0.15, -0.1) is 0 Å². The standard InChI is InChI=1S/C24H27N3O6S/c1-32-20-10-9-19(23(14-20)34(25,30)31)13-22(28)21(12-17-6-3-2-4-7-17)27-24(29)33-16-18-8-5-11-26-15-18/h2-11,14-15,21-22,28H,12-13,16H2,1H3,(H,27,29)(H2,25,30,31). The molecule has 3 rings (SSSR count). The monoisotopic (exact) mass is 485 g/mol. The Bertz CT molecular complexity index is 1190. The van der Waals surface area contributed by atoms with E-state index in [9.17, 15) is 18.3 Å². The molecule has 2 aromatic carbocycles. The molecule has 10 heteroatoms. The van der Waals surface area contributed by atoms with Crippen molar-refractivity contribution in [3.05, 3.63) is 89.7 Å². The number of aliphatic hydroxyl groups is 1. The molecule has 3 aromatic rings. The van der Waals surface area contributed by atoms with Gasteiger partial charge in [0.15, 0.2) is 0 Å². The number of carbonyl (C=O) groups excluding carboxylic acids is 1. The molecular formula is C24H27N3O6S. The summed E-state index contributed by atoms with van der Waals surface area (Å²) in [5.41, 5.74) is 1.90. The number of aliphatic hydroxyl groups excluding tert-OH is 1. The first-order chi connectivity index (χ1) is 16.3. The Kier molecular flexibility index (Phi) is 8.58. The first kappa shape index (κ1) is 25.2. The van der Waals surface area contributed by atoms with Gasteiger partial charge in [-0.05, 0) is 29.7 Å². The number of alkyl carbamates (subject to hydrolysis) is 1. The van der Waals surface area contributed by atoms with Crippen molar-refractivity contribution in [2.45, 2.75) is 36.5 Å². The summed E-state index contributed by atoms with van der Waals surface area (Å²) in [6.45, 7) is 0.0157. The zero-order valence-electron chi connectivity index (χ0n) is 18.6. The van der Waals surface area contributed by atoms with E-state index >= 15 is 0 Å². The molecule has 2 unspecified atom stereocenters. The molecule has 180 valence electrons. The average molecular weight is 486 g/mol. The largest absolute Gasteiger partial charge is 0.497 e. The number of amides is 1. The van der Waals surface area contributed by atoms with Gasteiger partial charge < -0.3 is 19.9 Å². The lowest BCUT2D eigenvalue weighted by molar-refractivity contribution is 0.101. The number of rotatable bonds is 10. The Hall–Kier alpha value is -3.47. The topological polar surface area (TPSA) is 141 Å². The van der Waals surface area contributed by atoms with Crippen LogP contribution in [0.1, 0.15) is 16.7 Å². The number of nitrogens with two attached hydrogens (primary N) is 1. The molecule has 0 aliphatic heterocycles. The summed E-state index contributed by atoms with van der Waals surface area (Å²) in [6, 6.07) is 16.5. The summed E-state index contributed by atoms with van der Waals surface area (Å²) in [5.74, 6) is 0.320. The van der Waals surface area contributed by atoms with Gasteiger partial charge >= 0.3 is 6.09 Å². The number of carbonyl (C=O) groups is 1. The lowest BCUT2D eigenvalue weighted by Gasteiger charge is -2.25. The third-order valence-corrected chi connectivity index (χ3v) is 6.16. The summed E-state index contributed by atoms with van der Waals surface area (Å²) in [4.78, 5) is 16.3. The molecule has 0 fully saturated rings. The maximum Gasteiger partial charge on any atom is 0.407 e. The van der Waals surface area contributed by atoms with E-state index in [-0.39, 0.29) is 17.9 Å². The van der Waals surface area contributed by atoms with E-state index in [0.29, 0.717) is 23.3 Å². The number of methoxy groups -OCH3 is 1. The highest BCUT2D eigenvalue weighted by Crippen LogP contribution is 2.23. The van der Waals surface area contributed by atoms with Crippen LogP contribution in [0.3, 0.4) is 0 Å². The maximum absolute atomic E-state index is 12.5. The number of sulfonamides is 1. The molecule has 0 spiro atoms. The van der Waals surface area contributed by atoms with Crippen LogP contribution in [0.4, 0.5) is 4.79 Å². The summed E-state index contributed by atoms with van der Waals surface area (Å²) in [7, 11) is -2.66. The fourth-order valence-electron chi connectivity index (χ4n) is 3.44. The van der Waals surface area contributed by atoms with Crippen LogP contribution < -0.4 is 15.2 Å². The van der Waals surface area contributed by atoms with E-state index in [4.69, 9.17) is 14.6 Å². The van der Waals surface area contributed by atoms with E-state index < -0.39 is 28.3 Å². The predicted molar refractivity (Wildman–Crippen MR) is 126 cm³/mol. The number of aromatic nitrogens is 1. The van der Waals surface area contributed by atoms with Crippen LogP contribution >= 0.6 is 0 Å². The van der Waals surface area contributed by atoms with Gasteiger partial charge in [-0.1, -0.05) is 42.5 Å². The van der Waals surface area contributed by atoms with Gasteiger partial charge in [0.1, 0.15) is 12.4 Å². The van der Waals surface area contributed by atoms with E-state index in [0.717, 1.165) is 5.56 Å². The van der Waals surface area contributed by atoms with Gasteiger partial charge in [-0.3, -0.25) is 4.98 Å². The van der Waals surface area contributed by atoms with Crippen LogP contribution in [-0.4, -0.2) is 43.9 Å². The molecule has 9 nitrogen and oxygen atoms in total. The van der Waals surface area contributed by atoms with Gasteiger partial charge in [0, 0.05) is 30.4 Å². The minimum Gasteiger partial charge on any atom is -0.497 e. The molecule has 0 saturated heterocycles. The van der Waals surface area contributed by atoms with Gasteiger partial charge in [0.25, 0.3) is 0 Å². The smallest absolute Gasteiger partial charge is 0.407 e. The third kappa shape index (κ3) is 7.27. The Morgan fingerprint density at radius 3 is 2.47 bits per heavy atom. The minimum absolute atomic E-state index is 0.0157. The van der Waals surface area contributed by atoms with Crippen molar-refractivity contribution in [1.82, 2.24) is 10.3 Å². The zero-order chi connectivity index (χ0) is 24.6. The molecule has 0 radical (unpaired) electrons. The molecule has 0 aliphatic carbocycles. The summed E-state index contributed by atoms with van der Waals surface area (Å²) < 4.78 is 34.6. The second-order valence-corrected chi connectivity index (χ2v) is 9.20. The van der Waals surface area contributed by atoms with Gasteiger partial charge in [0.2, 0.25) is 10.0 Å². The van der Waals surface area contributed by atoms with Crippen LogP contribution in [0.15, 0.2) is 78.0 Å². The van der Waals surface area contributed by atoms with Gasteiger partial charge in [0.05, 0.1) is 24.2 Å². The van der Waals surface area contributed by atoms with Crippen molar-refractivity contribution in [3.63, 3.8) is 0 Å². The molecular weight excluding hydrogens is 458 g/mol. The Morgan fingerprint density at radius 1 is 1.09 bits per heavy atom. The Morgan fingerprint density at radius 2 is 1.82 bits per heavy atom. The average Bonchev–Trinajstić information content (AvgIpc) is 2.83. The second kappa shape index (κ2) is 11.6. The summed E-state index contributed by atoms with van der Waals surface area (Å²) in [6.07, 6.45) is 1.57. The quantitative estimate of drug-likeness (QED) is 0.400. The zero-order valence-corrected chi connectivity index (χ0v) is 19.4. The Labute approximate surface area is 198 Å². The highest BCUT2D eigenvalue weighted by Gasteiger charge is 2.26. The molecule has 1 heterocycles. The van der Waals surface area contributed by atoms with Crippen molar-refractivity contribution < 1.29 is 27.8 Å². The number of ether oxygens (including phenoxy) is 2. The third-order valence-electron chi connectivity index (χ3n) is 5.17. The number of nitrogens with zero attached hydrogens (tertiary/aromatic N) is 1. The maximum atomic E-state index is 12.5. The van der Waals surface area contributed by atoms with Gasteiger partial charge in [-0.2, -0.15) is 0 Å².